The average molecular weight is 418 g/mol. The molecule has 1 heterocycles. The number of rotatable bonds is 6. The van der Waals surface area contributed by atoms with Crippen molar-refractivity contribution in [3.05, 3.63) is 28.9 Å². The zero-order chi connectivity index (χ0) is 17.9. The van der Waals surface area contributed by atoms with Gasteiger partial charge in [0.2, 0.25) is 5.75 Å². The molecule has 0 fully saturated rings. The number of hydrogen-bond donors (Lipinski definition) is 2. The highest BCUT2D eigenvalue weighted by Gasteiger charge is 2.21. The predicted molar refractivity (Wildman–Crippen MR) is 93.3 cm³/mol. The fraction of sp³-hybridized carbons (Fsp3) is 0.214. The molecule has 2 rings (SSSR count). The first-order valence-electron chi connectivity index (χ1n) is 6.56. The third-order valence-corrected chi connectivity index (χ3v) is 4.90. The molecule has 3 N–H and O–H groups in total. The molecule has 0 unspecified atom stereocenters. The quantitative estimate of drug-likeness (QED) is 0.740. The Labute approximate surface area is 148 Å². The van der Waals surface area contributed by atoms with E-state index in [2.05, 4.69) is 25.6 Å². The summed E-state index contributed by atoms with van der Waals surface area (Å²) in [5.41, 5.74) is 5.89. The molecule has 24 heavy (non-hydrogen) atoms. The number of aromatic nitrogens is 1. The summed E-state index contributed by atoms with van der Waals surface area (Å²) in [5, 5.41) is 0. The highest BCUT2D eigenvalue weighted by molar-refractivity contribution is 9.10. The number of halogens is 1. The van der Waals surface area contributed by atoms with Crippen LogP contribution in [0.4, 0.5) is 11.5 Å². The molecule has 2 aromatic rings. The molecule has 0 amide bonds. The van der Waals surface area contributed by atoms with Gasteiger partial charge in [-0.05, 0) is 22.0 Å². The lowest BCUT2D eigenvalue weighted by Gasteiger charge is -2.15. The Hall–Kier alpha value is -2.20. The van der Waals surface area contributed by atoms with E-state index in [4.69, 9.17) is 19.9 Å². The molecule has 0 saturated heterocycles. The summed E-state index contributed by atoms with van der Waals surface area (Å²) in [4.78, 5) is 3.68. The molecule has 0 saturated carbocycles. The molecule has 1 aromatic carbocycles. The first-order chi connectivity index (χ1) is 11.3. The minimum absolute atomic E-state index is 0.113. The molecule has 0 spiro atoms. The number of nitrogens with zero attached hydrogens (tertiary/aromatic N) is 1. The van der Waals surface area contributed by atoms with Gasteiger partial charge in [0.05, 0.1) is 27.0 Å². The smallest absolute Gasteiger partial charge is 0.265 e. The van der Waals surface area contributed by atoms with Crippen LogP contribution in [-0.2, 0) is 10.0 Å². The Kier molecular flexibility index (Phi) is 5.40. The van der Waals surface area contributed by atoms with Gasteiger partial charge in [-0.25, -0.2) is 13.4 Å². The number of benzene rings is 1. The van der Waals surface area contributed by atoms with Crippen molar-refractivity contribution in [3.63, 3.8) is 0 Å². The van der Waals surface area contributed by atoms with Crippen LogP contribution >= 0.6 is 15.9 Å². The SMILES string of the molecule is COc1cc(NS(=O)(=O)c2cc(Br)cnc2N)cc(OC)c1OC. The van der Waals surface area contributed by atoms with Crippen LogP contribution in [0.2, 0.25) is 0 Å². The number of methoxy groups -OCH3 is 3. The normalized spacial score (nSPS) is 11.0. The third-order valence-electron chi connectivity index (χ3n) is 3.05. The van der Waals surface area contributed by atoms with Gasteiger partial charge in [0.15, 0.2) is 11.5 Å². The molecular weight excluding hydrogens is 402 g/mol. The summed E-state index contributed by atoms with van der Waals surface area (Å²) in [6, 6.07) is 4.31. The minimum Gasteiger partial charge on any atom is -0.493 e. The topological polar surface area (TPSA) is 113 Å². The van der Waals surface area contributed by atoms with Crippen LogP contribution in [0.3, 0.4) is 0 Å². The van der Waals surface area contributed by atoms with Gasteiger partial charge in [-0.1, -0.05) is 0 Å². The van der Waals surface area contributed by atoms with E-state index in [9.17, 15) is 8.42 Å². The summed E-state index contributed by atoms with van der Waals surface area (Å²) in [6.45, 7) is 0. The van der Waals surface area contributed by atoms with Crippen LogP contribution in [0.1, 0.15) is 0 Å². The van der Waals surface area contributed by atoms with Gasteiger partial charge in [0.1, 0.15) is 10.7 Å². The van der Waals surface area contributed by atoms with Crippen LogP contribution in [0.15, 0.2) is 33.8 Å². The fourth-order valence-electron chi connectivity index (χ4n) is 2.00. The van der Waals surface area contributed by atoms with Crippen molar-refractivity contribution in [1.29, 1.82) is 0 Å². The number of pyridine rings is 1. The lowest BCUT2D eigenvalue weighted by Crippen LogP contribution is -2.15. The van der Waals surface area contributed by atoms with E-state index in [0.29, 0.717) is 21.7 Å². The second kappa shape index (κ2) is 7.14. The second-order valence-corrected chi connectivity index (χ2v) is 7.12. The second-order valence-electron chi connectivity index (χ2n) is 4.56. The Morgan fingerprint density at radius 2 is 1.67 bits per heavy atom. The first kappa shape index (κ1) is 18.1. The van der Waals surface area contributed by atoms with E-state index in [1.54, 1.807) is 0 Å². The number of ether oxygens (including phenoxy) is 3. The van der Waals surface area contributed by atoms with Crippen molar-refractivity contribution in [2.75, 3.05) is 31.8 Å². The number of nitrogens with two attached hydrogens (primary N) is 1. The maximum Gasteiger partial charge on any atom is 0.265 e. The van der Waals surface area contributed by atoms with E-state index < -0.39 is 10.0 Å². The highest BCUT2D eigenvalue weighted by atomic mass is 79.9. The van der Waals surface area contributed by atoms with Crippen molar-refractivity contribution in [2.24, 2.45) is 0 Å². The van der Waals surface area contributed by atoms with E-state index in [1.807, 2.05) is 0 Å². The predicted octanol–water partition coefficient (Wildman–Crippen LogP) is 2.25. The van der Waals surface area contributed by atoms with E-state index in [1.165, 1.54) is 45.7 Å². The Morgan fingerprint density at radius 3 is 2.17 bits per heavy atom. The van der Waals surface area contributed by atoms with Crippen molar-refractivity contribution in [1.82, 2.24) is 4.98 Å². The van der Waals surface area contributed by atoms with Crippen LogP contribution in [0, 0.1) is 0 Å². The lowest BCUT2D eigenvalue weighted by atomic mass is 10.2. The number of nitrogens with one attached hydrogen (secondary N) is 1. The molecule has 0 aliphatic heterocycles. The van der Waals surface area contributed by atoms with Crippen LogP contribution in [0.25, 0.3) is 0 Å². The zero-order valence-corrected chi connectivity index (χ0v) is 15.6. The summed E-state index contributed by atoms with van der Waals surface area (Å²) in [7, 11) is 0.374. The van der Waals surface area contributed by atoms with Crippen LogP contribution < -0.4 is 24.7 Å². The molecule has 0 atom stereocenters. The number of anilines is 2. The number of nitrogen functional groups attached to an aromatic ring is 1. The molecule has 0 radical (unpaired) electrons. The third kappa shape index (κ3) is 3.65. The van der Waals surface area contributed by atoms with Gasteiger partial charge in [0, 0.05) is 22.8 Å². The molecule has 10 heteroatoms. The molecule has 0 bridgehead atoms. The summed E-state index contributed by atoms with van der Waals surface area (Å²) in [6.07, 6.45) is 1.41. The van der Waals surface area contributed by atoms with Gasteiger partial charge in [0.25, 0.3) is 10.0 Å². The number of sulfonamides is 1. The van der Waals surface area contributed by atoms with Crippen LogP contribution in [0.5, 0.6) is 17.2 Å². The molecule has 1 aromatic heterocycles. The Bertz CT molecular complexity index is 832. The average Bonchev–Trinajstić information content (AvgIpc) is 2.55. The molecule has 0 aliphatic rings. The van der Waals surface area contributed by atoms with Crippen molar-refractivity contribution in [2.45, 2.75) is 4.90 Å². The van der Waals surface area contributed by atoms with Crippen molar-refractivity contribution >= 4 is 37.5 Å². The first-order valence-corrected chi connectivity index (χ1v) is 8.84. The van der Waals surface area contributed by atoms with E-state index >= 15 is 0 Å². The van der Waals surface area contributed by atoms with E-state index in [0.717, 1.165) is 0 Å². The Morgan fingerprint density at radius 1 is 1.08 bits per heavy atom. The summed E-state index contributed by atoms with van der Waals surface area (Å²) < 4.78 is 43.6. The standard InChI is InChI=1S/C14H16BrN3O5S/c1-21-10-5-9(6-11(22-2)13(10)23-3)18-24(19,20)12-4-8(15)7-17-14(12)16/h4-7,18H,1-3H3,(H2,16,17). The zero-order valence-electron chi connectivity index (χ0n) is 13.2. The maximum absolute atomic E-state index is 12.6. The van der Waals surface area contributed by atoms with Crippen LogP contribution in [-0.4, -0.2) is 34.7 Å². The molecule has 130 valence electrons. The van der Waals surface area contributed by atoms with Gasteiger partial charge < -0.3 is 19.9 Å². The monoisotopic (exact) mass is 417 g/mol. The summed E-state index contributed by atoms with van der Waals surface area (Å²) in [5.74, 6) is 0.870. The van der Waals surface area contributed by atoms with Gasteiger partial charge in [-0.3, -0.25) is 4.72 Å². The largest absolute Gasteiger partial charge is 0.493 e. The van der Waals surface area contributed by atoms with E-state index in [-0.39, 0.29) is 16.4 Å². The Balaban J connectivity index is 2.48. The van der Waals surface area contributed by atoms with Crippen molar-refractivity contribution < 1.29 is 22.6 Å². The van der Waals surface area contributed by atoms with Gasteiger partial charge in [-0.2, -0.15) is 0 Å². The van der Waals surface area contributed by atoms with Gasteiger partial charge >= 0.3 is 0 Å². The molecular formula is C14H16BrN3O5S. The molecule has 0 aliphatic carbocycles. The summed E-state index contributed by atoms with van der Waals surface area (Å²) >= 11 is 3.17. The fourth-order valence-corrected chi connectivity index (χ4v) is 3.63. The molecule has 8 nitrogen and oxygen atoms in total. The van der Waals surface area contributed by atoms with Gasteiger partial charge in [-0.15, -0.1) is 0 Å². The minimum atomic E-state index is -3.96. The highest BCUT2D eigenvalue weighted by Crippen LogP contribution is 2.40. The number of hydrogen-bond acceptors (Lipinski definition) is 7. The van der Waals surface area contributed by atoms with Crippen molar-refractivity contribution in [3.8, 4) is 17.2 Å². The lowest BCUT2D eigenvalue weighted by molar-refractivity contribution is 0.325. The maximum atomic E-state index is 12.6.